The van der Waals surface area contributed by atoms with Crippen LogP contribution in [-0.2, 0) is 0 Å². The van der Waals surface area contributed by atoms with Crippen LogP contribution >= 0.6 is 0 Å². The van der Waals surface area contributed by atoms with Crippen molar-refractivity contribution in [3.63, 3.8) is 0 Å². The molecule has 0 unspecified atom stereocenters. The molecule has 0 aromatic heterocycles. The Morgan fingerprint density at radius 3 is 2.44 bits per heavy atom. The fourth-order valence-corrected chi connectivity index (χ4v) is 2.82. The number of hydrogen-bond acceptors (Lipinski definition) is 9. The van der Waals surface area contributed by atoms with Gasteiger partial charge in [-0.1, -0.05) is 12.1 Å². The summed E-state index contributed by atoms with van der Waals surface area (Å²) in [5.41, 5.74) is 1.84. The number of benzene rings is 3. The standard InChI is InChI=1S/C22H18N4O8/c1-2-33-21-11-14(13-23-24-22(28)16-5-3-4-6-18(16)27)7-9-20(21)34-19-10-8-15(25(29)30)12-17(19)26(31)32/h3-13,27H,2H2,1H3,(H,24,28)/b23-13+. The van der Waals surface area contributed by atoms with Crippen LogP contribution in [0.1, 0.15) is 22.8 Å². The van der Waals surface area contributed by atoms with E-state index in [1.54, 1.807) is 25.1 Å². The van der Waals surface area contributed by atoms with Gasteiger partial charge in [0, 0.05) is 6.07 Å². The molecule has 0 radical (unpaired) electrons. The number of non-ortho nitro benzene ring substituents is 1. The number of amides is 1. The van der Waals surface area contributed by atoms with Gasteiger partial charge in [0.2, 0.25) is 5.75 Å². The second kappa shape index (κ2) is 10.5. The Morgan fingerprint density at radius 2 is 1.76 bits per heavy atom. The number of rotatable bonds is 9. The Bertz CT molecular complexity index is 1280. The van der Waals surface area contributed by atoms with Crippen LogP contribution in [-0.4, -0.2) is 33.7 Å². The number of para-hydroxylation sites is 1. The largest absolute Gasteiger partial charge is 0.507 e. The summed E-state index contributed by atoms with van der Waals surface area (Å²) in [7, 11) is 0. The van der Waals surface area contributed by atoms with Crippen molar-refractivity contribution in [2.75, 3.05) is 6.61 Å². The fourth-order valence-electron chi connectivity index (χ4n) is 2.82. The lowest BCUT2D eigenvalue weighted by atomic mass is 10.2. The minimum Gasteiger partial charge on any atom is -0.507 e. The van der Waals surface area contributed by atoms with Crippen molar-refractivity contribution in [2.45, 2.75) is 6.92 Å². The van der Waals surface area contributed by atoms with Crippen LogP contribution in [0.3, 0.4) is 0 Å². The van der Waals surface area contributed by atoms with E-state index >= 15 is 0 Å². The lowest BCUT2D eigenvalue weighted by Crippen LogP contribution is -2.17. The molecule has 12 nitrogen and oxygen atoms in total. The zero-order valence-corrected chi connectivity index (χ0v) is 17.7. The van der Waals surface area contributed by atoms with Gasteiger partial charge in [-0.3, -0.25) is 25.0 Å². The number of phenols is 1. The van der Waals surface area contributed by atoms with Crippen molar-refractivity contribution >= 4 is 23.5 Å². The highest BCUT2D eigenvalue weighted by atomic mass is 16.6. The van der Waals surface area contributed by atoms with E-state index in [4.69, 9.17) is 9.47 Å². The molecule has 3 rings (SSSR count). The summed E-state index contributed by atoms with van der Waals surface area (Å²) >= 11 is 0. The SMILES string of the molecule is CCOc1cc(/C=N/NC(=O)c2ccccc2O)ccc1Oc1ccc([N+](=O)[O-])cc1[N+](=O)[O-]. The Kier molecular flexibility index (Phi) is 7.34. The molecule has 0 bridgehead atoms. The van der Waals surface area contributed by atoms with Gasteiger partial charge in [0.25, 0.3) is 11.6 Å². The second-order valence-electron chi connectivity index (χ2n) is 6.62. The molecule has 0 aliphatic heterocycles. The predicted molar refractivity (Wildman–Crippen MR) is 121 cm³/mol. The number of hydrogen-bond donors (Lipinski definition) is 2. The molecule has 12 heteroatoms. The van der Waals surface area contributed by atoms with E-state index in [1.807, 2.05) is 0 Å². The maximum Gasteiger partial charge on any atom is 0.318 e. The molecule has 0 heterocycles. The molecule has 3 aromatic carbocycles. The average Bonchev–Trinajstić information content (AvgIpc) is 2.81. The van der Waals surface area contributed by atoms with Crippen molar-refractivity contribution in [3.05, 3.63) is 92.0 Å². The normalized spacial score (nSPS) is 10.6. The van der Waals surface area contributed by atoms with E-state index in [0.717, 1.165) is 18.2 Å². The highest BCUT2D eigenvalue weighted by Gasteiger charge is 2.22. The van der Waals surface area contributed by atoms with Crippen molar-refractivity contribution in [1.82, 2.24) is 5.43 Å². The summed E-state index contributed by atoms with van der Waals surface area (Å²) in [6.45, 7) is 1.98. The van der Waals surface area contributed by atoms with Crippen molar-refractivity contribution < 1.29 is 29.2 Å². The average molecular weight is 466 g/mol. The lowest BCUT2D eigenvalue weighted by Gasteiger charge is -2.12. The number of nitrogens with one attached hydrogen (secondary N) is 1. The number of hydrazone groups is 1. The lowest BCUT2D eigenvalue weighted by molar-refractivity contribution is -0.394. The highest BCUT2D eigenvalue weighted by molar-refractivity contribution is 5.97. The molecule has 0 saturated heterocycles. The van der Waals surface area contributed by atoms with E-state index in [2.05, 4.69) is 10.5 Å². The predicted octanol–water partition coefficient (Wildman–Crippen LogP) is 4.16. The minimum absolute atomic E-state index is 0.0584. The van der Waals surface area contributed by atoms with Gasteiger partial charge in [-0.05, 0) is 48.9 Å². The molecule has 0 aliphatic rings. The summed E-state index contributed by atoms with van der Waals surface area (Å²) in [6, 6.07) is 13.6. The van der Waals surface area contributed by atoms with Gasteiger partial charge < -0.3 is 14.6 Å². The molecule has 0 aliphatic carbocycles. The number of carbonyl (C=O) groups is 1. The first kappa shape index (κ1) is 23.7. The number of nitro groups is 2. The third kappa shape index (κ3) is 5.62. The van der Waals surface area contributed by atoms with Crippen molar-refractivity contribution in [2.24, 2.45) is 5.10 Å². The van der Waals surface area contributed by atoms with Gasteiger partial charge in [0.1, 0.15) is 5.75 Å². The summed E-state index contributed by atoms with van der Waals surface area (Å²) in [4.78, 5) is 32.9. The van der Waals surface area contributed by atoms with Crippen LogP contribution < -0.4 is 14.9 Å². The Hall–Kier alpha value is -5.00. The topological polar surface area (TPSA) is 166 Å². The van der Waals surface area contributed by atoms with Gasteiger partial charge in [0.15, 0.2) is 11.5 Å². The molecule has 0 saturated carbocycles. The maximum absolute atomic E-state index is 12.1. The quantitative estimate of drug-likeness (QED) is 0.269. The summed E-state index contributed by atoms with van der Waals surface area (Å²) in [5, 5.41) is 35.8. The minimum atomic E-state index is -0.781. The second-order valence-corrected chi connectivity index (χ2v) is 6.62. The first-order valence-electron chi connectivity index (χ1n) is 9.79. The van der Waals surface area contributed by atoms with Gasteiger partial charge in [-0.2, -0.15) is 5.10 Å². The van der Waals surface area contributed by atoms with E-state index < -0.39 is 27.1 Å². The van der Waals surface area contributed by atoms with E-state index in [1.165, 1.54) is 30.5 Å². The molecule has 0 fully saturated rings. The third-order valence-electron chi connectivity index (χ3n) is 4.37. The molecule has 1 amide bonds. The maximum atomic E-state index is 12.1. The van der Waals surface area contributed by atoms with Crippen molar-refractivity contribution in [3.8, 4) is 23.0 Å². The van der Waals surface area contributed by atoms with E-state index in [0.29, 0.717) is 5.56 Å². The zero-order chi connectivity index (χ0) is 24.7. The third-order valence-corrected chi connectivity index (χ3v) is 4.37. The Labute approximate surface area is 192 Å². The van der Waals surface area contributed by atoms with Crippen LogP contribution in [0.2, 0.25) is 0 Å². The van der Waals surface area contributed by atoms with Crippen LogP contribution in [0.5, 0.6) is 23.0 Å². The molecular formula is C22H18N4O8. The first-order chi connectivity index (χ1) is 16.3. The van der Waals surface area contributed by atoms with Gasteiger partial charge in [0.05, 0.1) is 34.3 Å². The molecule has 2 N–H and O–H groups in total. The van der Waals surface area contributed by atoms with Crippen LogP contribution in [0.15, 0.2) is 65.8 Å². The summed E-state index contributed by atoms with van der Waals surface area (Å²) in [5.74, 6) is -0.631. The number of nitrogens with zero attached hydrogens (tertiary/aromatic N) is 3. The molecule has 3 aromatic rings. The monoisotopic (exact) mass is 466 g/mol. The smallest absolute Gasteiger partial charge is 0.318 e. The van der Waals surface area contributed by atoms with Gasteiger partial charge in [-0.15, -0.1) is 0 Å². The fraction of sp³-hybridized carbons (Fsp3) is 0.0909. The molecule has 0 spiro atoms. The molecule has 0 atom stereocenters. The van der Waals surface area contributed by atoms with Gasteiger partial charge >= 0.3 is 5.69 Å². The first-order valence-corrected chi connectivity index (χ1v) is 9.79. The zero-order valence-electron chi connectivity index (χ0n) is 17.7. The van der Waals surface area contributed by atoms with Gasteiger partial charge in [-0.25, -0.2) is 5.43 Å². The summed E-state index contributed by atoms with van der Waals surface area (Å²) in [6.07, 6.45) is 1.33. The Balaban J connectivity index is 1.81. The molecule has 174 valence electrons. The number of carbonyl (C=O) groups excluding carboxylic acids is 1. The Morgan fingerprint density at radius 1 is 1.03 bits per heavy atom. The van der Waals surface area contributed by atoms with E-state index in [9.17, 15) is 30.1 Å². The molecule has 34 heavy (non-hydrogen) atoms. The van der Waals surface area contributed by atoms with E-state index in [-0.39, 0.29) is 35.2 Å². The number of ether oxygens (including phenoxy) is 2. The summed E-state index contributed by atoms with van der Waals surface area (Å²) < 4.78 is 11.2. The van der Waals surface area contributed by atoms with Crippen molar-refractivity contribution in [1.29, 1.82) is 0 Å². The number of aromatic hydroxyl groups is 1. The number of phenolic OH excluding ortho intramolecular Hbond substituents is 1. The molecular weight excluding hydrogens is 448 g/mol. The highest BCUT2D eigenvalue weighted by Crippen LogP contribution is 2.38. The van der Waals surface area contributed by atoms with Crippen LogP contribution in [0, 0.1) is 20.2 Å². The van der Waals surface area contributed by atoms with Crippen LogP contribution in [0.4, 0.5) is 11.4 Å². The van der Waals surface area contributed by atoms with Crippen LogP contribution in [0.25, 0.3) is 0 Å². The number of nitro benzene ring substituents is 2.